The number of carbonyl (C=O) groups is 1. The maximum atomic E-state index is 12.2. The van der Waals surface area contributed by atoms with Gasteiger partial charge in [0, 0.05) is 21.8 Å². The summed E-state index contributed by atoms with van der Waals surface area (Å²) in [6.45, 7) is -1.46. The van der Waals surface area contributed by atoms with Gasteiger partial charge in [0.05, 0.1) is 0 Å². The molecule has 1 atom stereocenters. The Balaban J connectivity index is 2.21. The normalized spacial score (nSPS) is 18.9. The smallest absolute Gasteiger partial charge is 0.345 e. The number of hydrogen-bond donors (Lipinski definition) is 0. The maximum Gasteiger partial charge on any atom is 0.411 e. The van der Waals surface area contributed by atoms with Crippen LogP contribution in [0.25, 0.3) is 0 Å². The summed E-state index contributed by atoms with van der Waals surface area (Å²) in [4.78, 5) is 12.8. The Morgan fingerprint density at radius 2 is 1.80 bits per heavy atom. The Kier molecular flexibility index (Phi) is 4.27. The second-order valence-electron chi connectivity index (χ2n) is 4.01. The van der Waals surface area contributed by atoms with Gasteiger partial charge in [-0.3, -0.25) is 9.69 Å². The highest BCUT2D eigenvalue weighted by Gasteiger charge is 2.34. The number of rotatable bonds is 3. The van der Waals surface area contributed by atoms with Crippen LogP contribution in [0, 0.1) is 0 Å². The predicted molar refractivity (Wildman–Crippen MR) is 68.9 cm³/mol. The number of anilines is 1. The average Bonchev–Trinajstić information content (AvgIpc) is 2.65. The molecule has 0 bridgehead atoms. The molecule has 108 valence electrons. The van der Waals surface area contributed by atoms with Crippen molar-refractivity contribution in [3.8, 4) is 0 Å². The van der Waals surface area contributed by atoms with Crippen molar-refractivity contribution in [3.63, 3.8) is 0 Å². The fourth-order valence-corrected chi connectivity index (χ4v) is 2.23. The number of amides is 1. The van der Waals surface area contributed by atoms with E-state index in [0.717, 1.165) is 11.0 Å². The number of halogens is 5. The second-order valence-corrected chi connectivity index (χ2v) is 4.88. The molecule has 0 saturated carbocycles. The monoisotopic (exact) mass is 325 g/mol. The quantitative estimate of drug-likeness (QED) is 0.846. The minimum atomic E-state index is -4.48. The highest BCUT2D eigenvalue weighted by molar-refractivity contribution is 6.35. The third-order valence-electron chi connectivity index (χ3n) is 2.44. The topological polar surface area (TPSA) is 29.5 Å². The van der Waals surface area contributed by atoms with Crippen LogP contribution in [0.15, 0.2) is 30.4 Å². The molecule has 1 aromatic carbocycles. The largest absolute Gasteiger partial charge is 0.411 e. The van der Waals surface area contributed by atoms with Crippen molar-refractivity contribution < 1.29 is 22.7 Å². The molecule has 2 rings (SSSR count). The first-order valence-electron chi connectivity index (χ1n) is 5.42. The van der Waals surface area contributed by atoms with Crippen molar-refractivity contribution in [2.24, 2.45) is 0 Å². The fraction of sp³-hybridized carbons (Fsp3) is 0.250. The lowest BCUT2D eigenvalue weighted by molar-refractivity contribution is -0.180. The van der Waals surface area contributed by atoms with Crippen LogP contribution in [0.4, 0.5) is 18.9 Å². The van der Waals surface area contributed by atoms with Gasteiger partial charge in [-0.15, -0.1) is 0 Å². The zero-order valence-corrected chi connectivity index (χ0v) is 11.3. The van der Waals surface area contributed by atoms with Crippen molar-refractivity contribution in [1.82, 2.24) is 0 Å². The van der Waals surface area contributed by atoms with Crippen molar-refractivity contribution in [1.29, 1.82) is 0 Å². The van der Waals surface area contributed by atoms with Crippen molar-refractivity contribution >= 4 is 34.8 Å². The zero-order chi connectivity index (χ0) is 14.9. The van der Waals surface area contributed by atoms with Crippen LogP contribution in [0.5, 0.6) is 0 Å². The predicted octanol–water partition coefficient (Wildman–Crippen LogP) is 3.80. The van der Waals surface area contributed by atoms with Crippen molar-refractivity contribution in [2.75, 3.05) is 11.5 Å². The van der Waals surface area contributed by atoms with Gasteiger partial charge in [0.2, 0.25) is 0 Å². The van der Waals surface area contributed by atoms with Gasteiger partial charge in [-0.25, -0.2) is 0 Å². The highest BCUT2D eigenvalue weighted by Crippen LogP contribution is 2.30. The Labute approximate surface area is 122 Å². The first-order valence-corrected chi connectivity index (χ1v) is 6.18. The summed E-state index contributed by atoms with van der Waals surface area (Å²) in [6.07, 6.45) is -3.24. The lowest BCUT2D eigenvalue weighted by atomic mass is 10.3. The molecule has 1 aromatic rings. The van der Waals surface area contributed by atoms with Gasteiger partial charge in [0.1, 0.15) is 6.61 Å². The number of benzene rings is 1. The van der Waals surface area contributed by atoms with Crippen LogP contribution in [0.2, 0.25) is 10.0 Å². The minimum Gasteiger partial charge on any atom is -0.345 e. The first kappa shape index (κ1) is 15.2. The SMILES string of the molecule is O=C1C=CC(OCC(F)(F)F)N1c1cc(Cl)cc(Cl)c1. The van der Waals surface area contributed by atoms with E-state index in [9.17, 15) is 18.0 Å². The third-order valence-corrected chi connectivity index (χ3v) is 2.88. The summed E-state index contributed by atoms with van der Waals surface area (Å²) in [7, 11) is 0. The van der Waals surface area contributed by atoms with E-state index in [1.807, 2.05) is 0 Å². The zero-order valence-electron chi connectivity index (χ0n) is 9.82. The van der Waals surface area contributed by atoms with E-state index in [1.165, 1.54) is 24.3 Å². The van der Waals surface area contributed by atoms with Gasteiger partial charge in [-0.1, -0.05) is 23.2 Å². The second kappa shape index (κ2) is 5.63. The summed E-state index contributed by atoms with van der Waals surface area (Å²) in [6, 6.07) is 4.29. The standard InChI is InChI=1S/C12H8Cl2F3NO2/c13-7-3-8(14)5-9(4-7)18-10(19)1-2-11(18)20-6-12(15,16)17/h1-5,11H,6H2. The Morgan fingerprint density at radius 3 is 2.35 bits per heavy atom. The molecule has 1 heterocycles. The van der Waals surface area contributed by atoms with Gasteiger partial charge in [-0.05, 0) is 24.3 Å². The molecule has 1 aliphatic rings. The molecule has 0 aliphatic carbocycles. The van der Waals surface area contributed by atoms with Crippen molar-refractivity contribution in [2.45, 2.75) is 12.4 Å². The molecule has 20 heavy (non-hydrogen) atoms. The molecular formula is C12H8Cl2F3NO2. The Morgan fingerprint density at radius 1 is 1.20 bits per heavy atom. The molecule has 3 nitrogen and oxygen atoms in total. The van der Waals surface area contributed by atoms with E-state index in [4.69, 9.17) is 27.9 Å². The molecule has 0 saturated heterocycles. The molecule has 8 heteroatoms. The van der Waals surface area contributed by atoms with E-state index in [1.54, 1.807) is 0 Å². The Hall–Kier alpha value is -1.24. The van der Waals surface area contributed by atoms with Gasteiger partial charge in [0.25, 0.3) is 5.91 Å². The maximum absolute atomic E-state index is 12.2. The van der Waals surface area contributed by atoms with Crippen molar-refractivity contribution in [3.05, 3.63) is 40.4 Å². The summed E-state index contributed by atoms with van der Waals surface area (Å²) in [5, 5.41) is 0.531. The van der Waals surface area contributed by atoms with Crippen LogP contribution >= 0.6 is 23.2 Å². The Bertz CT molecular complexity index is 540. The molecule has 1 unspecified atom stereocenters. The van der Waals surface area contributed by atoms with Crippen LogP contribution in [-0.2, 0) is 9.53 Å². The van der Waals surface area contributed by atoms with Gasteiger partial charge in [0.15, 0.2) is 6.23 Å². The number of carbonyl (C=O) groups excluding carboxylic acids is 1. The molecular weight excluding hydrogens is 318 g/mol. The van der Waals surface area contributed by atoms with Crippen LogP contribution in [0.3, 0.4) is 0 Å². The van der Waals surface area contributed by atoms with E-state index >= 15 is 0 Å². The molecule has 0 aromatic heterocycles. The van der Waals surface area contributed by atoms with Crippen LogP contribution in [0.1, 0.15) is 0 Å². The fourth-order valence-electron chi connectivity index (χ4n) is 1.72. The van der Waals surface area contributed by atoms with E-state index in [2.05, 4.69) is 0 Å². The van der Waals surface area contributed by atoms with Gasteiger partial charge < -0.3 is 4.74 Å². The molecule has 0 N–H and O–H groups in total. The molecule has 0 fully saturated rings. The lowest BCUT2D eigenvalue weighted by Gasteiger charge is -2.25. The summed E-state index contributed by atoms with van der Waals surface area (Å²) in [5.41, 5.74) is 0.268. The molecule has 1 aliphatic heterocycles. The third kappa shape index (κ3) is 3.65. The van der Waals surface area contributed by atoms with Gasteiger partial charge >= 0.3 is 6.18 Å². The molecule has 0 radical (unpaired) electrons. The van der Waals surface area contributed by atoms with E-state index in [0.29, 0.717) is 0 Å². The van der Waals surface area contributed by atoms with Crippen LogP contribution < -0.4 is 4.90 Å². The molecule has 0 spiro atoms. The van der Waals surface area contributed by atoms with E-state index in [-0.39, 0.29) is 15.7 Å². The summed E-state index contributed by atoms with van der Waals surface area (Å²) < 4.78 is 41.2. The van der Waals surface area contributed by atoms with Crippen LogP contribution in [-0.4, -0.2) is 24.9 Å². The molecule has 1 amide bonds. The summed E-state index contributed by atoms with van der Waals surface area (Å²) >= 11 is 11.6. The van der Waals surface area contributed by atoms with Gasteiger partial charge in [-0.2, -0.15) is 13.2 Å². The number of alkyl halides is 3. The highest BCUT2D eigenvalue weighted by atomic mass is 35.5. The summed E-state index contributed by atoms with van der Waals surface area (Å²) in [5.74, 6) is -0.504. The van der Waals surface area contributed by atoms with E-state index < -0.39 is 24.9 Å². The minimum absolute atomic E-state index is 0.266. The first-order chi connectivity index (χ1) is 9.26. The number of hydrogen-bond acceptors (Lipinski definition) is 2. The lowest BCUT2D eigenvalue weighted by Crippen LogP contribution is -2.37. The average molecular weight is 326 g/mol. The number of nitrogens with zero attached hydrogens (tertiary/aromatic N) is 1. The number of ether oxygens (including phenoxy) is 1.